The Kier molecular flexibility index (Phi) is 4.62. The Morgan fingerprint density at radius 3 is 2.27 bits per heavy atom. The summed E-state index contributed by atoms with van der Waals surface area (Å²) in [5, 5.41) is 14.7. The number of pyridine rings is 1. The molecule has 3 N–H and O–H groups in total. The number of hydrogen-bond acceptors (Lipinski definition) is 5. The number of nitrogens with two attached hydrogens (primary N) is 1. The second-order valence-electron chi connectivity index (χ2n) is 6.88. The van der Waals surface area contributed by atoms with Gasteiger partial charge < -0.3 is 10.8 Å². The maximum Gasteiger partial charge on any atom is 0.180 e. The molecule has 0 aliphatic heterocycles. The van der Waals surface area contributed by atoms with Crippen molar-refractivity contribution < 1.29 is 5.11 Å². The zero-order chi connectivity index (χ0) is 20.7. The van der Waals surface area contributed by atoms with Gasteiger partial charge in [0.15, 0.2) is 5.13 Å². The van der Waals surface area contributed by atoms with Gasteiger partial charge >= 0.3 is 0 Å². The van der Waals surface area contributed by atoms with Gasteiger partial charge in [-0.3, -0.25) is 4.98 Å². The average molecular weight is 430 g/mol. The van der Waals surface area contributed by atoms with Gasteiger partial charge in [0, 0.05) is 33.7 Å². The van der Waals surface area contributed by atoms with E-state index < -0.39 is 0 Å². The van der Waals surface area contributed by atoms with Crippen molar-refractivity contribution in [1.29, 1.82) is 0 Å². The number of halogens is 1. The summed E-state index contributed by atoms with van der Waals surface area (Å²) in [6.07, 6.45) is 1.68. The Balaban J connectivity index is 1.60. The third-order valence-electron chi connectivity index (χ3n) is 5.03. The largest absolute Gasteiger partial charge is 0.507 e. The van der Waals surface area contributed by atoms with Gasteiger partial charge in [0.2, 0.25) is 0 Å². The predicted molar refractivity (Wildman–Crippen MR) is 125 cm³/mol. The fraction of sp³-hybridized carbons (Fsp3) is 0. The minimum atomic E-state index is 0.193. The van der Waals surface area contributed by atoms with Crippen LogP contribution in [-0.2, 0) is 0 Å². The smallest absolute Gasteiger partial charge is 0.180 e. The Labute approximate surface area is 182 Å². The summed E-state index contributed by atoms with van der Waals surface area (Å²) in [4.78, 5) is 8.83. The van der Waals surface area contributed by atoms with Gasteiger partial charge in [-0.05, 0) is 23.3 Å². The minimum Gasteiger partial charge on any atom is -0.507 e. The maximum atomic E-state index is 11.0. The number of benzene rings is 3. The first kappa shape index (κ1) is 18.6. The summed E-state index contributed by atoms with van der Waals surface area (Å²) >= 11 is 7.97. The summed E-state index contributed by atoms with van der Waals surface area (Å²) < 4.78 is 0. The van der Waals surface area contributed by atoms with Crippen molar-refractivity contribution in [2.45, 2.75) is 0 Å². The van der Waals surface area contributed by atoms with Gasteiger partial charge in [0.25, 0.3) is 0 Å². The molecule has 0 spiro atoms. The molecule has 0 unspecified atom stereocenters. The van der Waals surface area contributed by atoms with Gasteiger partial charge in [0.1, 0.15) is 5.75 Å². The first-order chi connectivity index (χ1) is 14.6. The Morgan fingerprint density at radius 1 is 0.867 bits per heavy atom. The lowest BCUT2D eigenvalue weighted by Gasteiger charge is -2.11. The van der Waals surface area contributed by atoms with Crippen LogP contribution in [0, 0.1) is 0 Å². The molecular formula is C24H16ClN3OS. The van der Waals surface area contributed by atoms with Crippen molar-refractivity contribution in [2.75, 3.05) is 5.73 Å². The first-order valence-corrected chi connectivity index (χ1v) is 10.5. The van der Waals surface area contributed by atoms with Crippen LogP contribution in [-0.4, -0.2) is 15.1 Å². The van der Waals surface area contributed by atoms with Crippen molar-refractivity contribution in [1.82, 2.24) is 9.97 Å². The van der Waals surface area contributed by atoms with Crippen molar-refractivity contribution in [2.24, 2.45) is 0 Å². The Morgan fingerprint density at radius 2 is 1.57 bits per heavy atom. The Hall–Kier alpha value is -3.41. The number of hydrogen-bond donors (Lipinski definition) is 2. The molecule has 4 nitrogen and oxygen atoms in total. The van der Waals surface area contributed by atoms with Crippen molar-refractivity contribution in [3.8, 4) is 39.3 Å². The molecule has 0 aliphatic carbocycles. The van der Waals surface area contributed by atoms with Gasteiger partial charge in [-0.25, -0.2) is 4.98 Å². The van der Waals surface area contributed by atoms with Crippen LogP contribution < -0.4 is 5.73 Å². The molecule has 3 aromatic carbocycles. The van der Waals surface area contributed by atoms with Crippen molar-refractivity contribution in [3.05, 3.63) is 83.3 Å². The van der Waals surface area contributed by atoms with Gasteiger partial charge in [-0.15, -0.1) is 11.3 Å². The first-order valence-electron chi connectivity index (χ1n) is 9.28. The molecular weight excluding hydrogens is 414 g/mol. The zero-order valence-electron chi connectivity index (χ0n) is 15.7. The quantitative estimate of drug-likeness (QED) is 0.337. The van der Waals surface area contributed by atoms with Crippen LogP contribution in [0.4, 0.5) is 5.13 Å². The third kappa shape index (κ3) is 3.28. The van der Waals surface area contributed by atoms with Gasteiger partial charge in [-0.1, -0.05) is 66.2 Å². The lowest BCUT2D eigenvalue weighted by molar-refractivity contribution is 0.483. The lowest BCUT2D eigenvalue weighted by atomic mass is 9.98. The number of aromatic nitrogens is 2. The standard InChI is InChI=1S/C24H16ClN3OS/c25-20-11-21-18(23(29)19(12-27-21)14-4-2-1-3-5-14)10-17(20)15-6-8-16(9-7-15)22-13-30-24(26)28-22/h1-13H,(H2,26,28)(H,27,29). The highest BCUT2D eigenvalue weighted by Crippen LogP contribution is 2.39. The monoisotopic (exact) mass is 429 g/mol. The molecule has 0 aliphatic rings. The number of nitrogens with zero attached hydrogens (tertiary/aromatic N) is 2. The fourth-order valence-electron chi connectivity index (χ4n) is 3.49. The molecule has 2 heterocycles. The SMILES string of the molecule is Nc1nc(-c2ccc(-c3cc4c(O)c(-c5ccccc5)cnc4cc3Cl)cc2)cs1. The van der Waals surface area contributed by atoms with E-state index >= 15 is 0 Å². The van der Waals surface area contributed by atoms with Gasteiger partial charge in [-0.2, -0.15) is 0 Å². The molecule has 0 radical (unpaired) electrons. The van der Waals surface area contributed by atoms with Gasteiger partial charge in [0.05, 0.1) is 16.2 Å². The van der Waals surface area contributed by atoms with E-state index in [0.717, 1.165) is 27.9 Å². The second kappa shape index (κ2) is 7.44. The molecule has 0 saturated carbocycles. The van der Waals surface area contributed by atoms with Crippen LogP contribution in [0.3, 0.4) is 0 Å². The summed E-state index contributed by atoms with van der Waals surface area (Å²) in [5.74, 6) is 0.193. The van der Waals surface area contributed by atoms with E-state index in [0.29, 0.717) is 26.6 Å². The topological polar surface area (TPSA) is 72.0 Å². The number of fused-ring (bicyclic) bond motifs is 1. The summed E-state index contributed by atoms with van der Waals surface area (Å²) in [6, 6.07) is 21.3. The molecule has 0 atom stereocenters. The van der Waals surface area contributed by atoms with Crippen molar-refractivity contribution in [3.63, 3.8) is 0 Å². The van der Waals surface area contributed by atoms with E-state index in [9.17, 15) is 5.11 Å². The number of rotatable bonds is 3. The normalized spacial score (nSPS) is 11.1. The highest BCUT2D eigenvalue weighted by molar-refractivity contribution is 7.13. The predicted octanol–water partition coefficient (Wildman–Crippen LogP) is 6.63. The van der Waals surface area contributed by atoms with Crippen LogP contribution in [0.5, 0.6) is 5.75 Å². The molecule has 30 heavy (non-hydrogen) atoms. The molecule has 0 saturated heterocycles. The van der Waals surface area contributed by atoms with E-state index in [2.05, 4.69) is 9.97 Å². The zero-order valence-corrected chi connectivity index (χ0v) is 17.3. The summed E-state index contributed by atoms with van der Waals surface area (Å²) in [5.41, 5.74) is 11.6. The fourth-order valence-corrected chi connectivity index (χ4v) is 4.33. The number of aromatic hydroxyl groups is 1. The molecule has 5 aromatic rings. The van der Waals surface area contributed by atoms with Crippen LogP contribution in [0.25, 0.3) is 44.4 Å². The second-order valence-corrected chi connectivity index (χ2v) is 8.18. The number of anilines is 1. The van der Waals surface area contributed by atoms with Crippen molar-refractivity contribution >= 4 is 39.0 Å². The number of nitrogen functional groups attached to an aromatic ring is 1. The van der Waals surface area contributed by atoms with E-state index in [1.165, 1.54) is 11.3 Å². The minimum absolute atomic E-state index is 0.193. The molecule has 5 rings (SSSR count). The van der Waals surface area contributed by atoms with Crippen LogP contribution >= 0.6 is 22.9 Å². The molecule has 0 bridgehead atoms. The maximum absolute atomic E-state index is 11.0. The molecule has 6 heteroatoms. The third-order valence-corrected chi connectivity index (χ3v) is 6.01. The van der Waals surface area contributed by atoms with E-state index in [4.69, 9.17) is 17.3 Å². The Bertz CT molecular complexity index is 1370. The molecule has 146 valence electrons. The van der Waals surface area contributed by atoms with E-state index in [1.54, 1.807) is 12.3 Å². The molecule has 0 fully saturated rings. The molecule has 0 amide bonds. The summed E-state index contributed by atoms with van der Waals surface area (Å²) in [7, 11) is 0. The van der Waals surface area contributed by atoms with E-state index in [-0.39, 0.29) is 5.75 Å². The molecule has 2 aromatic heterocycles. The number of thiazole rings is 1. The van der Waals surface area contributed by atoms with E-state index in [1.807, 2.05) is 66.0 Å². The highest BCUT2D eigenvalue weighted by atomic mass is 35.5. The average Bonchev–Trinajstić information content (AvgIpc) is 3.21. The lowest BCUT2D eigenvalue weighted by Crippen LogP contribution is -1.88. The highest BCUT2D eigenvalue weighted by Gasteiger charge is 2.14. The summed E-state index contributed by atoms with van der Waals surface area (Å²) in [6.45, 7) is 0. The van der Waals surface area contributed by atoms with Crippen LogP contribution in [0.1, 0.15) is 0 Å². The van der Waals surface area contributed by atoms with Crippen LogP contribution in [0.15, 0.2) is 78.3 Å². The van der Waals surface area contributed by atoms with Crippen LogP contribution in [0.2, 0.25) is 5.02 Å².